The van der Waals surface area contributed by atoms with E-state index in [0.29, 0.717) is 10.8 Å². The molecule has 1 aromatic rings. The summed E-state index contributed by atoms with van der Waals surface area (Å²) in [6, 6.07) is 2.05. The molecule has 17 heavy (non-hydrogen) atoms. The number of rotatable bonds is 7. The molecular formula is C11H16Cl2N2OS. The van der Waals surface area contributed by atoms with Crippen molar-refractivity contribution in [2.45, 2.75) is 32.2 Å². The van der Waals surface area contributed by atoms with Crippen molar-refractivity contribution in [3.05, 3.63) is 20.3 Å². The van der Waals surface area contributed by atoms with Gasteiger partial charge in [-0.2, -0.15) is 0 Å². The van der Waals surface area contributed by atoms with E-state index in [0.717, 1.165) is 29.3 Å². The van der Waals surface area contributed by atoms with E-state index in [-0.39, 0.29) is 11.9 Å². The molecule has 1 atom stereocenters. The SMILES string of the molecule is CC(NCCCCC(N)=O)c1cc(Cl)sc1Cl. The third kappa shape index (κ3) is 5.25. The highest BCUT2D eigenvalue weighted by Gasteiger charge is 2.12. The fourth-order valence-corrected chi connectivity index (χ4v) is 3.15. The maximum Gasteiger partial charge on any atom is 0.217 e. The molecule has 3 nitrogen and oxygen atoms in total. The van der Waals surface area contributed by atoms with Crippen LogP contribution < -0.4 is 11.1 Å². The third-order valence-electron chi connectivity index (χ3n) is 2.45. The number of amides is 1. The highest BCUT2D eigenvalue weighted by Crippen LogP contribution is 2.34. The summed E-state index contributed by atoms with van der Waals surface area (Å²) in [5, 5.41) is 3.34. The molecule has 3 N–H and O–H groups in total. The Labute approximate surface area is 115 Å². The second kappa shape index (κ2) is 7.21. The first kappa shape index (κ1) is 14.8. The zero-order chi connectivity index (χ0) is 12.8. The van der Waals surface area contributed by atoms with Crippen molar-refractivity contribution in [1.29, 1.82) is 0 Å². The number of hydrogen-bond acceptors (Lipinski definition) is 3. The molecule has 0 radical (unpaired) electrons. The quantitative estimate of drug-likeness (QED) is 0.758. The molecule has 0 aliphatic carbocycles. The highest BCUT2D eigenvalue weighted by atomic mass is 35.5. The molecule has 1 heterocycles. The summed E-state index contributed by atoms with van der Waals surface area (Å²) in [6.45, 7) is 2.87. The maximum absolute atomic E-state index is 10.5. The monoisotopic (exact) mass is 294 g/mol. The van der Waals surface area contributed by atoms with Crippen molar-refractivity contribution in [1.82, 2.24) is 5.32 Å². The molecule has 0 aliphatic heterocycles. The number of nitrogens with two attached hydrogens (primary N) is 1. The third-order valence-corrected chi connectivity index (χ3v) is 3.97. The van der Waals surface area contributed by atoms with Crippen LogP contribution in [0.1, 0.15) is 37.8 Å². The van der Waals surface area contributed by atoms with Crippen molar-refractivity contribution in [3.8, 4) is 0 Å². The van der Waals surface area contributed by atoms with Crippen molar-refractivity contribution in [2.75, 3.05) is 6.54 Å². The fraction of sp³-hybridized carbons (Fsp3) is 0.545. The Bertz CT molecular complexity index is 382. The summed E-state index contributed by atoms with van der Waals surface area (Å²) in [7, 11) is 0. The molecule has 0 aliphatic rings. The Balaban J connectivity index is 2.28. The second-order valence-corrected chi connectivity index (χ2v) is 6.16. The van der Waals surface area contributed by atoms with E-state index in [1.807, 2.05) is 13.0 Å². The van der Waals surface area contributed by atoms with Crippen LogP contribution in [0.15, 0.2) is 6.07 Å². The van der Waals surface area contributed by atoms with Gasteiger partial charge in [0.1, 0.15) is 0 Å². The van der Waals surface area contributed by atoms with Gasteiger partial charge in [0.2, 0.25) is 5.91 Å². The van der Waals surface area contributed by atoms with Gasteiger partial charge in [-0.15, -0.1) is 11.3 Å². The van der Waals surface area contributed by atoms with Gasteiger partial charge in [-0.1, -0.05) is 23.2 Å². The van der Waals surface area contributed by atoms with Crippen LogP contribution in [0.25, 0.3) is 0 Å². The van der Waals surface area contributed by atoms with Gasteiger partial charge in [0.15, 0.2) is 0 Å². The Morgan fingerprint density at radius 3 is 2.76 bits per heavy atom. The van der Waals surface area contributed by atoms with Gasteiger partial charge >= 0.3 is 0 Å². The first-order valence-corrected chi connectivity index (χ1v) is 7.04. The lowest BCUT2D eigenvalue weighted by Crippen LogP contribution is -2.20. The van der Waals surface area contributed by atoms with Crippen LogP contribution in [0.4, 0.5) is 0 Å². The van der Waals surface area contributed by atoms with E-state index in [4.69, 9.17) is 28.9 Å². The first-order chi connectivity index (χ1) is 8.00. The molecular weight excluding hydrogens is 279 g/mol. The first-order valence-electron chi connectivity index (χ1n) is 5.47. The molecule has 0 saturated heterocycles. The van der Waals surface area contributed by atoms with Crippen molar-refractivity contribution in [2.24, 2.45) is 5.73 Å². The average Bonchev–Trinajstić information content (AvgIpc) is 2.56. The summed E-state index contributed by atoms with van der Waals surface area (Å²) in [6.07, 6.45) is 2.18. The molecule has 0 aromatic carbocycles. The molecule has 1 aromatic heterocycles. The number of primary amides is 1. The van der Waals surface area contributed by atoms with E-state index < -0.39 is 0 Å². The van der Waals surface area contributed by atoms with Crippen LogP contribution in [-0.2, 0) is 4.79 Å². The standard InChI is InChI=1S/C11H16Cl2N2OS/c1-7(8-6-9(12)17-11(8)13)15-5-3-2-4-10(14)16/h6-7,15H,2-5H2,1H3,(H2,14,16). The fourth-order valence-electron chi connectivity index (χ4n) is 1.50. The van der Waals surface area contributed by atoms with E-state index >= 15 is 0 Å². The molecule has 0 bridgehead atoms. The average molecular weight is 295 g/mol. The minimum absolute atomic E-state index is 0.167. The number of nitrogens with one attached hydrogen (secondary N) is 1. The molecule has 6 heteroatoms. The largest absolute Gasteiger partial charge is 0.370 e. The van der Waals surface area contributed by atoms with Gasteiger partial charge in [-0.3, -0.25) is 4.79 Å². The van der Waals surface area contributed by atoms with Crippen LogP contribution in [0, 0.1) is 0 Å². The van der Waals surface area contributed by atoms with Gasteiger partial charge in [0.05, 0.1) is 8.67 Å². The Kier molecular flexibility index (Phi) is 6.27. The molecule has 1 unspecified atom stereocenters. The van der Waals surface area contributed by atoms with Crippen molar-refractivity contribution in [3.63, 3.8) is 0 Å². The minimum atomic E-state index is -0.245. The van der Waals surface area contributed by atoms with Crippen molar-refractivity contribution < 1.29 is 4.79 Å². The Morgan fingerprint density at radius 1 is 1.53 bits per heavy atom. The maximum atomic E-state index is 10.5. The molecule has 0 fully saturated rings. The smallest absolute Gasteiger partial charge is 0.217 e. The van der Waals surface area contributed by atoms with Crippen LogP contribution in [0.5, 0.6) is 0 Å². The normalized spacial score (nSPS) is 12.6. The molecule has 1 amide bonds. The second-order valence-electron chi connectivity index (χ2n) is 3.88. The van der Waals surface area contributed by atoms with Crippen LogP contribution >= 0.6 is 34.5 Å². The van der Waals surface area contributed by atoms with Gasteiger partial charge in [-0.05, 0) is 37.9 Å². The predicted molar refractivity (Wildman–Crippen MR) is 73.8 cm³/mol. The summed E-state index contributed by atoms with van der Waals surface area (Å²) in [4.78, 5) is 10.5. The molecule has 96 valence electrons. The topological polar surface area (TPSA) is 55.1 Å². The summed E-state index contributed by atoms with van der Waals surface area (Å²) in [5.74, 6) is -0.245. The number of thiophene rings is 1. The number of hydrogen-bond donors (Lipinski definition) is 2. The lowest BCUT2D eigenvalue weighted by molar-refractivity contribution is -0.118. The van der Waals surface area contributed by atoms with Crippen LogP contribution in [-0.4, -0.2) is 12.5 Å². The van der Waals surface area contributed by atoms with Gasteiger partial charge in [0.25, 0.3) is 0 Å². The van der Waals surface area contributed by atoms with E-state index in [1.165, 1.54) is 11.3 Å². The number of unbranched alkanes of at least 4 members (excludes halogenated alkanes) is 1. The van der Waals surface area contributed by atoms with E-state index in [1.54, 1.807) is 0 Å². The molecule has 1 rings (SSSR count). The minimum Gasteiger partial charge on any atom is -0.370 e. The number of carbonyl (C=O) groups excluding carboxylic acids is 1. The zero-order valence-electron chi connectivity index (χ0n) is 9.63. The van der Waals surface area contributed by atoms with Gasteiger partial charge in [0, 0.05) is 12.5 Å². The van der Waals surface area contributed by atoms with E-state index in [9.17, 15) is 4.79 Å². The lowest BCUT2D eigenvalue weighted by atomic mass is 10.1. The van der Waals surface area contributed by atoms with Crippen LogP contribution in [0.3, 0.4) is 0 Å². The summed E-state index contributed by atoms with van der Waals surface area (Å²) < 4.78 is 1.43. The summed E-state index contributed by atoms with van der Waals surface area (Å²) in [5.41, 5.74) is 6.08. The van der Waals surface area contributed by atoms with Gasteiger partial charge in [-0.25, -0.2) is 0 Å². The zero-order valence-corrected chi connectivity index (χ0v) is 12.0. The Hall–Kier alpha value is -0.290. The molecule has 0 spiro atoms. The summed E-state index contributed by atoms with van der Waals surface area (Å²) >= 11 is 13.3. The number of halogens is 2. The van der Waals surface area contributed by atoms with Crippen molar-refractivity contribution >= 4 is 40.4 Å². The Morgan fingerprint density at radius 2 is 2.24 bits per heavy atom. The van der Waals surface area contributed by atoms with E-state index in [2.05, 4.69) is 5.32 Å². The number of carbonyl (C=O) groups is 1. The predicted octanol–water partition coefficient (Wildman–Crippen LogP) is 3.36. The molecule has 0 saturated carbocycles. The van der Waals surface area contributed by atoms with Crippen LogP contribution in [0.2, 0.25) is 8.67 Å². The highest BCUT2D eigenvalue weighted by molar-refractivity contribution is 7.20. The van der Waals surface area contributed by atoms with Gasteiger partial charge < -0.3 is 11.1 Å². The lowest BCUT2D eigenvalue weighted by Gasteiger charge is -2.12.